The standard InChI is InChI=1S/C9H9N2O4/c1-6(13)10-8-4-7(5-12)2-3-9(8)11(14)15/h2-4H,5H2,1H3,(H,10,13). The van der Waals surface area contributed by atoms with Crippen molar-refractivity contribution in [1.82, 2.24) is 0 Å². The second-order valence-electron chi connectivity index (χ2n) is 2.93. The molecule has 1 radical (unpaired) electrons. The summed E-state index contributed by atoms with van der Waals surface area (Å²) in [5.74, 6) is -0.416. The number of nitro groups is 1. The molecule has 0 atom stereocenters. The van der Waals surface area contributed by atoms with Crippen LogP contribution in [0.25, 0.3) is 0 Å². The molecule has 1 amide bonds. The van der Waals surface area contributed by atoms with Crippen LogP contribution in [0.3, 0.4) is 0 Å². The molecule has 0 saturated heterocycles. The molecular weight excluding hydrogens is 200 g/mol. The van der Waals surface area contributed by atoms with Crippen molar-refractivity contribution < 1.29 is 14.8 Å². The van der Waals surface area contributed by atoms with Crippen LogP contribution in [0, 0.1) is 10.1 Å². The molecular formula is C9H9N2O4. The number of amides is 1. The first-order chi connectivity index (χ1) is 7.04. The van der Waals surface area contributed by atoms with Crippen molar-refractivity contribution in [3.8, 4) is 0 Å². The van der Waals surface area contributed by atoms with Crippen LogP contribution in [-0.4, -0.2) is 10.8 Å². The average molecular weight is 209 g/mol. The van der Waals surface area contributed by atoms with Gasteiger partial charge in [0.25, 0.3) is 5.69 Å². The monoisotopic (exact) mass is 209 g/mol. The Kier molecular flexibility index (Phi) is 3.35. The number of hydrogen-bond acceptors (Lipinski definition) is 3. The number of rotatable bonds is 3. The van der Waals surface area contributed by atoms with Crippen molar-refractivity contribution in [3.05, 3.63) is 33.9 Å². The van der Waals surface area contributed by atoms with Gasteiger partial charge in [0.15, 0.2) is 0 Å². The molecule has 0 fully saturated rings. The number of hydrogen-bond donors (Lipinski definition) is 1. The van der Waals surface area contributed by atoms with E-state index in [0.29, 0.717) is 5.56 Å². The molecule has 0 unspecified atom stereocenters. The summed E-state index contributed by atoms with van der Waals surface area (Å²) in [6.45, 7) is 0.762. The molecule has 0 aliphatic rings. The highest BCUT2D eigenvalue weighted by atomic mass is 16.6. The van der Waals surface area contributed by atoms with Gasteiger partial charge in [-0.15, -0.1) is 0 Å². The molecule has 0 aliphatic carbocycles. The fraction of sp³-hybridized carbons (Fsp3) is 0.222. The number of carbonyl (C=O) groups is 1. The zero-order valence-corrected chi connectivity index (χ0v) is 8.02. The van der Waals surface area contributed by atoms with E-state index in [4.69, 9.17) is 0 Å². The Morgan fingerprint density at radius 2 is 2.20 bits per heavy atom. The fourth-order valence-electron chi connectivity index (χ4n) is 1.12. The van der Waals surface area contributed by atoms with Crippen LogP contribution in [0.1, 0.15) is 12.5 Å². The third-order valence-corrected chi connectivity index (χ3v) is 1.74. The van der Waals surface area contributed by atoms with Crippen LogP contribution in [0.5, 0.6) is 0 Å². The summed E-state index contributed by atoms with van der Waals surface area (Å²) in [7, 11) is 0. The van der Waals surface area contributed by atoms with E-state index in [0.717, 1.165) is 0 Å². The van der Waals surface area contributed by atoms with E-state index < -0.39 is 17.4 Å². The lowest BCUT2D eigenvalue weighted by atomic mass is 10.2. The van der Waals surface area contributed by atoms with E-state index in [9.17, 15) is 20.0 Å². The Balaban J connectivity index is 3.16. The van der Waals surface area contributed by atoms with Gasteiger partial charge in [-0.1, -0.05) is 0 Å². The minimum absolute atomic E-state index is 0.0563. The molecule has 0 aromatic heterocycles. The third-order valence-electron chi connectivity index (χ3n) is 1.74. The molecule has 1 aromatic rings. The van der Waals surface area contributed by atoms with E-state index in [2.05, 4.69) is 5.32 Å². The van der Waals surface area contributed by atoms with Gasteiger partial charge in [0.05, 0.1) is 4.92 Å². The maximum Gasteiger partial charge on any atom is 0.292 e. The van der Waals surface area contributed by atoms with Gasteiger partial charge in [-0.2, -0.15) is 0 Å². The zero-order valence-electron chi connectivity index (χ0n) is 8.02. The minimum Gasteiger partial charge on any atom is -0.321 e. The molecule has 1 N–H and O–H groups in total. The first-order valence-electron chi connectivity index (χ1n) is 4.17. The minimum atomic E-state index is -0.611. The summed E-state index contributed by atoms with van der Waals surface area (Å²) >= 11 is 0. The molecule has 15 heavy (non-hydrogen) atoms. The molecule has 0 bridgehead atoms. The van der Waals surface area contributed by atoms with Crippen molar-refractivity contribution in [2.75, 3.05) is 5.32 Å². The van der Waals surface area contributed by atoms with Crippen molar-refractivity contribution in [2.24, 2.45) is 0 Å². The van der Waals surface area contributed by atoms with E-state index in [1.807, 2.05) is 0 Å². The number of benzene rings is 1. The van der Waals surface area contributed by atoms with Gasteiger partial charge in [-0.05, 0) is 17.7 Å². The topological polar surface area (TPSA) is 92.1 Å². The molecule has 0 spiro atoms. The number of carbonyl (C=O) groups excluding carboxylic acids is 1. The molecule has 0 heterocycles. The first-order valence-corrected chi connectivity index (χ1v) is 4.17. The average Bonchev–Trinajstić information content (AvgIpc) is 2.16. The van der Waals surface area contributed by atoms with Gasteiger partial charge in [0, 0.05) is 13.0 Å². The lowest BCUT2D eigenvalue weighted by Gasteiger charge is -2.04. The predicted molar refractivity (Wildman–Crippen MR) is 51.8 cm³/mol. The van der Waals surface area contributed by atoms with Gasteiger partial charge < -0.3 is 5.32 Å². The van der Waals surface area contributed by atoms with E-state index in [1.54, 1.807) is 0 Å². The normalized spacial score (nSPS) is 9.73. The fourth-order valence-corrected chi connectivity index (χ4v) is 1.12. The Morgan fingerprint density at radius 3 is 2.67 bits per heavy atom. The zero-order chi connectivity index (χ0) is 11.4. The maximum absolute atomic E-state index is 10.8. The Hall–Kier alpha value is -1.95. The summed E-state index contributed by atoms with van der Waals surface area (Å²) in [6, 6.07) is 3.89. The Morgan fingerprint density at radius 1 is 1.53 bits per heavy atom. The van der Waals surface area contributed by atoms with Crippen molar-refractivity contribution in [2.45, 2.75) is 13.5 Å². The van der Waals surface area contributed by atoms with Crippen LogP contribution in [0.15, 0.2) is 18.2 Å². The van der Waals surface area contributed by atoms with Crippen LogP contribution in [0.4, 0.5) is 11.4 Å². The number of nitro benzene ring substituents is 1. The maximum atomic E-state index is 10.8. The van der Waals surface area contributed by atoms with Crippen molar-refractivity contribution in [1.29, 1.82) is 0 Å². The van der Waals surface area contributed by atoms with E-state index in [1.165, 1.54) is 25.1 Å². The van der Waals surface area contributed by atoms with Crippen LogP contribution in [0.2, 0.25) is 0 Å². The highest BCUT2D eigenvalue weighted by Gasteiger charge is 2.14. The molecule has 0 saturated carbocycles. The molecule has 6 nitrogen and oxygen atoms in total. The third kappa shape index (κ3) is 2.75. The summed E-state index contributed by atoms with van der Waals surface area (Å²) in [5.41, 5.74) is 0.229. The number of anilines is 1. The molecule has 0 aliphatic heterocycles. The second-order valence-corrected chi connectivity index (χ2v) is 2.93. The second kappa shape index (κ2) is 4.52. The quantitative estimate of drug-likeness (QED) is 0.603. The highest BCUT2D eigenvalue weighted by Crippen LogP contribution is 2.25. The van der Waals surface area contributed by atoms with E-state index in [-0.39, 0.29) is 11.4 Å². The van der Waals surface area contributed by atoms with E-state index >= 15 is 0 Å². The highest BCUT2D eigenvalue weighted by molar-refractivity contribution is 5.91. The first kappa shape index (κ1) is 11.1. The van der Waals surface area contributed by atoms with Crippen LogP contribution < -0.4 is 5.32 Å². The number of nitrogens with zero attached hydrogens (tertiary/aromatic N) is 1. The van der Waals surface area contributed by atoms with Crippen LogP contribution in [-0.2, 0) is 16.5 Å². The van der Waals surface area contributed by atoms with Crippen molar-refractivity contribution >= 4 is 17.3 Å². The van der Waals surface area contributed by atoms with Crippen LogP contribution >= 0.6 is 0 Å². The molecule has 6 heteroatoms. The lowest BCUT2D eigenvalue weighted by molar-refractivity contribution is -0.383. The van der Waals surface area contributed by atoms with Gasteiger partial charge >= 0.3 is 0 Å². The van der Waals surface area contributed by atoms with Gasteiger partial charge in [0.2, 0.25) is 5.91 Å². The SMILES string of the molecule is CC(=O)Nc1cc(C[O])ccc1[N+](=O)[O-]. The Bertz CT molecular complexity index is 403. The van der Waals surface area contributed by atoms with Crippen molar-refractivity contribution in [3.63, 3.8) is 0 Å². The summed E-state index contributed by atoms with van der Waals surface area (Å²) in [5, 5.41) is 23.5. The van der Waals surface area contributed by atoms with Gasteiger partial charge in [0.1, 0.15) is 12.3 Å². The predicted octanol–water partition coefficient (Wildman–Crippen LogP) is 1.48. The largest absolute Gasteiger partial charge is 0.321 e. The summed E-state index contributed by atoms with van der Waals surface area (Å²) in [6.07, 6.45) is 0. The smallest absolute Gasteiger partial charge is 0.292 e. The lowest BCUT2D eigenvalue weighted by Crippen LogP contribution is -2.08. The van der Waals surface area contributed by atoms with Gasteiger partial charge in [-0.3, -0.25) is 14.9 Å². The summed E-state index contributed by atoms with van der Waals surface area (Å²) < 4.78 is 0. The Labute approximate surface area is 85.7 Å². The summed E-state index contributed by atoms with van der Waals surface area (Å²) in [4.78, 5) is 20.7. The number of nitrogens with one attached hydrogen (secondary N) is 1. The van der Waals surface area contributed by atoms with Gasteiger partial charge in [-0.25, -0.2) is 5.11 Å². The molecule has 1 rings (SSSR count). The molecule has 1 aromatic carbocycles. The molecule has 79 valence electrons.